The number of benzene rings is 1. The molecule has 18 heavy (non-hydrogen) atoms. The minimum absolute atomic E-state index is 0.162. The van der Waals surface area contributed by atoms with Gasteiger partial charge in [-0.1, -0.05) is 48.0 Å². The number of methoxy groups -OCH3 is 1. The molecule has 1 aliphatic carbocycles. The third-order valence-electron chi connectivity index (χ3n) is 3.79. The fourth-order valence-corrected chi connectivity index (χ4v) is 3.24. The summed E-state index contributed by atoms with van der Waals surface area (Å²) in [6.45, 7) is 4.45. The van der Waals surface area contributed by atoms with Crippen molar-refractivity contribution < 1.29 is 9.47 Å². The Hall–Kier alpha value is -0.540. The third-order valence-corrected chi connectivity index (χ3v) is 4.69. The first kappa shape index (κ1) is 13.9. The van der Waals surface area contributed by atoms with Crippen LogP contribution in [-0.4, -0.2) is 24.1 Å². The summed E-state index contributed by atoms with van der Waals surface area (Å²) in [7, 11) is 1.75. The molecule has 1 fully saturated rings. The monoisotopic (exact) mass is 312 g/mol. The van der Waals surface area contributed by atoms with E-state index in [0.29, 0.717) is 10.7 Å². The highest BCUT2D eigenvalue weighted by Crippen LogP contribution is 2.36. The fourth-order valence-electron chi connectivity index (χ4n) is 2.32. The van der Waals surface area contributed by atoms with Gasteiger partial charge in [-0.25, -0.2) is 0 Å². The van der Waals surface area contributed by atoms with Crippen molar-refractivity contribution in [1.82, 2.24) is 0 Å². The van der Waals surface area contributed by atoms with Crippen molar-refractivity contribution in [3.05, 3.63) is 29.8 Å². The van der Waals surface area contributed by atoms with Crippen LogP contribution < -0.4 is 4.74 Å². The molecule has 2 rings (SSSR count). The van der Waals surface area contributed by atoms with Crippen LogP contribution in [0.25, 0.3) is 0 Å². The molecule has 1 aliphatic rings. The van der Waals surface area contributed by atoms with E-state index in [-0.39, 0.29) is 12.2 Å². The van der Waals surface area contributed by atoms with Gasteiger partial charge in [-0.2, -0.15) is 0 Å². The smallest absolute Gasteiger partial charge is 0.127 e. The van der Waals surface area contributed by atoms with Gasteiger partial charge >= 0.3 is 0 Å². The zero-order chi connectivity index (χ0) is 13.1. The Bertz CT molecular complexity index is 394. The van der Waals surface area contributed by atoms with Gasteiger partial charge in [0.1, 0.15) is 18.0 Å². The van der Waals surface area contributed by atoms with Gasteiger partial charge in [0, 0.05) is 18.4 Å². The summed E-state index contributed by atoms with van der Waals surface area (Å²) >= 11 is 3.60. The molecule has 1 aromatic carbocycles. The van der Waals surface area contributed by atoms with Crippen molar-refractivity contribution in [3.8, 4) is 5.75 Å². The van der Waals surface area contributed by atoms with Crippen LogP contribution in [0.1, 0.15) is 38.2 Å². The first-order valence-electron chi connectivity index (χ1n) is 6.59. The summed E-state index contributed by atoms with van der Waals surface area (Å²) in [5.41, 5.74) is 1.30. The number of ether oxygens (including phenoxy) is 2. The lowest BCUT2D eigenvalue weighted by Gasteiger charge is -2.40. The van der Waals surface area contributed by atoms with Crippen LogP contribution in [0.5, 0.6) is 5.75 Å². The summed E-state index contributed by atoms with van der Waals surface area (Å²) < 4.78 is 11.6. The second-order valence-electron chi connectivity index (χ2n) is 4.96. The molecule has 0 N–H and O–H groups in total. The van der Waals surface area contributed by atoms with E-state index in [1.54, 1.807) is 7.11 Å². The van der Waals surface area contributed by atoms with E-state index in [1.165, 1.54) is 5.56 Å². The zero-order valence-corrected chi connectivity index (χ0v) is 12.8. The lowest BCUT2D eigenvalue weighted by molar-refractivity contribution is -0.0549. The number of alkyl halides is 1. The van der Waals surface area contributed by atoms with E-state index in [9.17, 15) is 0 Å². The van der Waals surface area contributed by atoms with Crippen molar-refractivity contribution >= 4 is 15.9 Å². The van der Waals surface area contributed by atoms with Crippen LogP contribution in [0.3, 0.4) is 0 Å². The topological polar surface area (TPSA) is 18.5 Å². The van der Waals surface area contributed by atoms with Gasteiger partial charge in [-0.15, -0.1) is 0 Å². The Balaban J connectivity index is 2.10. The number of rotatable bonds is 5. The predicted octanol–water partition coefficient (Wildman–Crippen LogP) is 4.13. The molecule has 4 atom stereocenters. The summed E-state index contributed by atoms with van der Waals surface area (Å²) in [5, 5.41) is 0. The van der Waals surface area contributed by atoms with Crippen LogP contribution in [0, 0.1) is 0 Å². The molecule has 1 saturated carbocycles. The first-order chi connectivity index (χ1) is 8.67. The Morgan fingerprint density at radius 1 is 1.39 bits per heavy atom. The quantitative estimate of drug-likeness (QED) is 0.761. The second kappa shape index (κ2) is 6.07. The van der Waals surface area contributed by atoms with Crippen LogP contribution in [0.2, 0.25) is 0 Å². The van der Waals surface area contributed by atoms with Gasteiger partial charge in [-0.05, 0) is 24.0 Å². The SMILES string of the molecule is CCC(C)c1ccccc1OC1CC(Br)C1OC. The molecule has 0 saturated heterocycles. The lowest BCUT2D eigenvalue weighted by atomic mass is 9.91. The highest BCUT2D eigenvalue weighted by Gasteiger charge is 2.41. The maximum Gasteiger partial charge on any atom is 0.127 e. The van der Waals surface area contributed by atoms with E-state index < -0.39 is 0 Å². The average Bonchev–Trinajstić information content (AvgIpc) is 2.38. The largest absolute Gasteiger partial charge is 0.487 e. The standard InChI is InChI=1S/C15H21BrO2/c1-4-10(2)11-7-5-6-8-13(11)18-14-9-12(16)15(14)17-3/h5-8,10,12,14-15H,4,9H2,1-3H3. The van der Waals surface area contributed by atoms with Gasteiger partial charge in [0.05, 0.1) is 0 Å². The average molecular weight is 313 g/mol. The zero-order valence-electron chi connectivity index (χ0n) is 11.2. The molecule has 1 aromatic rings. The highest BCUT2D eigenvalue weighted by atomic mass is 79.9. The van der Waals surface area contributed by atoms with Gasteiger partial charge in [0.2, 0.25) is 0 Å². The van der Waals surface area contributed by atoms with Gasteiger partial charge < -0.3 is 9.47 Å². The number of hydrogen-bond acceptors (Lipinski definition) is 2. The fraction of sp³-hybridized carbons (Fsp3) is 0.600. The van der Waals surface area contributed by atoms with Crippen LogP contribution in [-0.2, 0) is 4.74 Å². The molecule has 0 amide bonds. The van der Waals surface area contributed by atoms with Crippen LogP contribution in [0.4, 0.5) is 0 Å². The van der Waals surface area contributed by atoms with Crippen LogP contribution in [0.15, 0.2) is 24.3 Å². The molecule has 3 heteroatoms. The maximum atomic E-state index is 6.12. The van der Waals surface area contributed by atoms with Crippen molar-refractivity contribution in [3.63, 3.8) is 0 Å². The normalized spacial score (nSPS) is 28.6. The van der Waals surface area contributed by atoms with Gasteiger partial charge in [-0.3, -0.25) is 0 Å². The molecule has 0 bridgehead atoms. The van der Waals surface area contributed by atoms with E-state index in [1.807, 2.05) is 6.07 Å². The minimum atomic E-state index is 0.162. The van der Waals surface area contributed by atoms with Gasteiger partial charge in [0.15, 0.2) is 0 Å². The van der Waals surface area contributed by atoms with Gasteiger partial charge in [0.25, 0.3) is 0 Å². The lowest BCUT2D eigenvalue weighted by Crippen LogP contribution is -2.52. The Labute approximate surface area is 118 Å². The summed E-state index contributed by atoms with van der Waals surface area (Å²) in [4.78, 5) is 0.420. The van der Waals surface area contributed by atoms with E-state index >= 15 is 0 Å². The summed E-state index contributed by atoms with van der Waals surface area (Å²) in [6.07, 6.45) is 2.47. The van der Waals surface area contributed by atoms with Crippen molar-refractivity contribution in [1.29, 1.82) is 0 Å². The van der Waals surface area contributed by atoms with Crippen molar-refractivity contribution in [2.75, 3.05) is 7.11 Å². The van der Waals surface area contributed by atoms with Crippen molar-refractivity contribution in [2.45, 2.75) is 49.6 Å². The molecule has 0 spiro atoms. The third kappa shape index (κ3) is 2.72. The summed E-state index contributed by atoms with van der Waals surface area (Å²) in [5.74, 6) is 1.54. The molecule has 0 heterocycles. The second-order valence-corrected chi connectivity index (χ2v) is 6.13. The molecule has 2 nitrogen and oxygen atoms in total. The minimum Gasteiger partial charge on any atom is -0.487 e. The van der Waals surface area contributed by atoms with Crippen LogP contribution >= 0.6 is 15.9 Å². The number of para-hydroxylation sites is 1. The molecule has 4 unspecified atom stereocenters. The highest BCUT2D eigenvalue weighted by molar-refractivity contribution is 9.09. The molecule has 100 valence electrons. The Morgan fingerprint density at radius 3 is 2.72 bits per heavy atom. The van der Waals surface area contributed by atoms with Crippen molar-refractivity contribution in [2.24, 2.45) is 0 Å². The maximum absolute atomic E-state index is 6.12. The molecular weight excluding hydrogens is 292 g/mol. The molecular formula is C15H21BrO2. The van der Waals surface area contributed by atoms with E-state index in [4.69, 9.17) is 9.47 Å². The number of halogens is 1. The Kier molecular flexibility index (Phi) is 4.68. The molecule has 0 radical (unpaired) electrons. The number of hydrogen-bond donors (Lipinski definition) is 0. The molecule has 0 aromatic heterocycles. The van der Waals surface area contributed by atoms with E-state index in [0.717, 1.165) is 18.6 Å². The Morgan fingerprint density at radius 2 is 2.11 bits per heavy atom. The predicted molar refractivity (Wildman–Crippen MR) is 77.7 cm³/mol. The summed E-state index contributed by atoms with van der Waals surface area (Å²) in [6, 6.07) is 8.34. The van der Waals surface area contributed by atoms with E-state index in [2.05, 4.69) is 48.0 Å². The first-order valence-corrected chi connectivity index (χ1v) is 7.51. The molecule has 0 aliphatic heterocycles.